The lowest BCUT2D eigenvalue weighted by Crippen LogP contribution is -2.48. The van der Waals surface area contributed by atoms with Crippen molar-refractivity contribution in [2.75, 3.05) is 89.5 Å². The van der Waals surface area contributed by atoms with Gasteiger partial charge in [-0.05, 0) is 113 Å². The van der Waals surface area contributed by atoms with Gasteiger partial charge >= 0.3 is 0 Å². The number of aryl methyl sites for hydroxylation is 1. The molecular formula is C48H55Cl2N9O3. The summed E-state index contributed by atoms with van der Waals surface area (Å²) in [6.45, 7) is 9.76. The Morgan fingerprint density at radius 1 is 0.661 bits per heavy atom. The molecule has 4 fully saturated rings. The maximum absolute atomic E-state index is 13.1. The average molecular weight is 877 g/mol. The van der Waals surface area contributed by atoms with Crippen LogP contribution in [0.15, 0.2) is 78.9 Å². The monoisotopic (exact) mass is 875 g/mol. The predicted octanol–water partition coefficient (Wildman–Crippen LogP) is 8.14. The van der Waals surface area contributed by atoms with E-state index in [2.05, 4.69) is 74.9 Å². The fraction of sp³-hybridized carbons (Fsp3) is 0.417. The first-order chi connectivity index (χ1) is 30.1. The molecular weight excluding hydrogens is 821 g/mol. The molecule has 2 N–H and O–H groups in total. The SMILES string of the molecule is CN(C)C1CCN(C(=O)C2CCN(c3ccc(Cl)c(-c4nc5ccccc5[nH]4)c3)C2)C1.Cc1ccc2nc(-c3cc(N4CCC[C@H](C(=O)N5CCOCC5)C4)ccc3Cl)[nH]c2c1. The molecule has 4 aliphatic heterocycles. The zero-order valence-electron chi connectivity index (χ0n) is 35.7. The number of imidazole rings is 2. The van der Waals surface area contributed by atoms with Gasteiger partial charge in [0.25, 0.3) is 0 Å². The number of aromatic amines is 2. The number of para-hydroxylation sites is 2. The van der Waals surface area contributed by atoms with Crippen molar-refractivity contribution in [1.82, 2.24) is 34.6 Å². The number of carbonyl (C=O) groups is 2. The highest BCUT2D eigenvalue weighted by molar-refractivity contribution is 6.33. The lowest BCUT2D eigenvalue weighted by molar-refractivity contribution is -0.140. The summed E-state index contributed by atoms with van der Waals surface area (Å²) in [7, 11) is 4.19. The van der Waals surface area contributed by atoms with Crippen LogP contribution < -0.4 is 9.80 Å². The third kappa shape index (κ3) is 9.02. The number of aromatic nitrogens is 4. The summed E-state index contributed by atoms with van der Waals surface area (Å²) >= 11 is 13.1. The number of hydrogen-bond donors (Lipinski definition) is 2. The number of halogens is 2. The minimum Gasteiger partial charge on any atom is -0.378 e. The second-order valence-electron chi connectivity index (χ2n) is 17.4. The van der Waals surface area contributed by atoms with Crippen LogP contribution in [-0.2, 0) is 14.3 Å². The summed E-state index contributed by atoms with van der Waals surface area (Å²) in [6.07, 6.45) is 3.90. The summed E-state index contributed by atoms with van der Waals surface area (Å²) in [5, 5.41) is 1.33. The largest absolute Gasteiger partial charge is 0.378 e. The van der Waals surface area contributed by atoms with E-state index in [1.165, 1.54) is 5.56 Å². The van der Waals surface area contributed by atoms with Crippen LogP contribution in [0.2, 0.25) is 10.0 Å². The topological polar surface area (TPSA) is 117 Å². The van der Waals surface area contributed by atoms with Gasteiger partial charge in [-0.2, -0.15) is 0 Å². The number of nitrogens with one attached hydrogen (secondary N) is 2. The molecule has 324 valence electrons. The first-order valence-electron chi connectivity index (χ1n) is 21.9. The second-order valence-corrected chi connectivity index (χ2v) is 18.2. The number of anilines is 2. The molecule has 0 saturated carbocycles. The molecule has 0 radical (unpaired) electrons. The number of likely N-dealkylation sites (N-methyl/N-ethyl adjacent to an activating group) is 1. The van der Waals surface area contributed by atoms with Gasteiger partial charge in [0.05, 0.1) is 57.2 Å². The van der Waals surface area contributed by atoms with Crippen molar-refractivity contribution < 1.29 is 14.3 Å². The van der Waals surface area contributed by atoms with Crippen molar-refractivity contribution in [2.45, 2.75) is 38.6 Å². The van der Waals surface area contributed by atoms with Crippen LogP contribution in [0.1, 0.15) is 31.2 Å². The number of fused-ring (bicyclic) bond motifs is 2. The minimum atomic E-state index is 0.0279. The maximum Gasteiger partial charge on any atom is 0.227 e. The van der Waals surface area contributed by atoms with E-state index in [9.17, 15) is 9.59 Å². The number of hydrogen-bond acceptors (Lipinski definition) is 8. The van der Waals surface area contributed by atoms with Gasteiger partial charge in [-0.1, -0.05) is 41.4 Å². The zero-order valence-corrected chi connectivity index (χ0v) is 37.3. The number of amides is 2. The molecule has 62 heavy (non-hydrogen) atoms. The van der Waals surface area contributed by atoms with Crippen molar-refractivity contribution in [1.29, 1.82) is 0 Å². The standard InChI is InChI=1S/C24H28ClN5O.C24H27ClN4O2/c1-28(2)18-10-12-30(15-18)24(31)16-9-11-29(14-16)17-7-8-20(25)19(13-17)23-26-21-5-3-4-6-22(21)27-23;1-16-4-7-21-22(13-16)27-23(26-21)19-14-18(5-6-20(19)25)29-8-2-3-17(15-29)24(30)28-9-11-31-12-10-28/h3-8,13,16,18H,9-12,14-15H2,1-2H3,(H,26,27);4-7,13-14,17H,2-3,8-12,15H2,1H3,(H,26,27)/t;17-/m.0/s1. The first-order valence-corrected chi connectivity index (χ1v) is 22.7. The molecule has 4 aliphatic rings. The highest BCUT2D eigenvalue weighted by Gasteiger charge is 2.36. The van der Waals surface area contributed by atoms with Crippen LogP contribution in [0.5, 0.6) is 0 Å². The maximum atomic E-state index is 13.1. The summed E-state index contributed by atoms with van der Waals surface area (Å²) in [5.74, 6) is 2.19. The molecule has 2 aromatic heterocycles. The van der Waals surface area contributed by atoms with E-state index in [1.54, 1.807) is 0 Å². The summed E-state index contributed by atoms with van der Waals surface area (Å²) in [6, 6.07) is 26.7. The number of benzene rings is 4. The van der Waals surface area contributed by atoms with Crippen LogP contribution in [-0.4, -0.2) is 132 Å². The van der Waals surface area contributed by atoms with Crippen molar-refractivity contribution in [3.8, 4) is 22.8 Å². The molecule has 0 bridgehead atoms. The first kappa shape index (κ1) is 42.2. The third-order valence-corrected chi connectivity index (χ3v) is 13.7. The second kappa shape index (κ2) is 18.3. The van der Waals surface area contributed by atoms with E-state index < -0.39 is 0 Å². The fourth-order valence-electron chi connectivity index (χ4n) is 9.39. The van der Waals surface area contributed by atoms with E-state index in [4.69, 9.17) is 37.9 Å². The molecule has 10 rings (SSSR count). The molecule has 0 spiro atoms. The normalized spacial score (nSPS) is 20.6. The Morgan fingerprint density at radius 2 is 1.27 bits per heavy atom. The summed E-state index contributed by atoms with van der Waals surface area (Å²) in [5.41, 5.74) is 8.97. The van der Waals surface area contributed by atoms with Gasteiger partial charge in [-0.15, -0.1) is 0 Å². The lowest BCUT2D eigenvalue weighted by Gasteiger charge is -2.37. The molecule has 2 unspecified atom stereocenters. The quantitative estimate of drug-likeness (QED) is 0.165. The Balaban J connectivity index is 0.000000158. The van der Waals surface area contributed by atoms with Crippen molar-refractivity contribution in [3.63, 3.8) is 0 Å². The number of nitrogens with zero attached hydrogens (tertiary/aromatic N) is 7. The molecule has 6 heterocycles. The minimum absolute atomic E-state index is 0.0279. The van der Waals surface area contributed by atoms with E-state index in [-0.39, 0.29) is 17.7 Å². The third-order valence-electron chi connectivity index (χ3n) is 13.0. The van der Waals surface area contributed by atoms with E-state index in [0.29, 0.717) is 48.3 Å². The fourth-order valence-corrected chi connectivity index (χ4v) is 9.80. The average Bonchev–Trinajstić information content (AvgIpc) is 4.13. The van der Waals surface area contributed by atoms with E-state index >= 15 is 0 Å². The highest BCUT2D eigenvalue weighted by Crippen LogP contribution is 2.36. The molecule has 4 aromatic carbocycles. The number of likely N-dealkylation sites (tertiary alicyclic amines) is 1. The molecule has 2 amide bonds. The Labute approximate surface area is 373 Å². The molecule has 14 heteroatoms. The number of piperidine rings is 1. The smallest absolute Gasteiger partial charge is 0.227 e. The van der Waals surface area contributed by atoms with Crippen molar-refractivity contribution >= 4 is 68.5 Å². The molecule has 4 saturated heterocycles. The molecule has 6 aromatic rings. The Bertz CT molecular complexity index is 2530. The number of H-pyrrole nitrogens is 2. The number of rotatable bonds is 7. The van der Waals surface area contributed by atoms with Crippen LogP contribution in [0, 0.1) is 18.8 Å². The molecule has 3 atom stereocenters. The van der Waals surface area contributed by atoms with Gasteiger partial charge in [0.2, 0.25) is 11.8 Å². The lowest BCUT2D eigenvalue weighted by atomic mass is 9.95. The Morgan fingerprint density at radius 3 is 1.94 bits per heavy atom. The number of carbonyl (C=O) groups excluding carboxylic acids is 2. The van der Waals surface area contributed by atoms with Gasteiger partial charge < -0.3 is 39.2 Å². The van der Waals surface area contributed by atoms with E-state index in [1.807, 2.05) is 59.5 Å². The summed E-state index contributed by atoms with van der Waals surface area (Å²) < 4.78 is 5.40. The van der Waals surface area contributed by atoms with Crippen LogP contribution in [0.25, 0.3) is 44.8 Å². The van der Waals surface area contributed by atoms with Gasteiger partial charge in [0, 0.05) is 80.9 Å². The van der Waals surface area contributed by atoms with Crippen LogP contribution in [0.4, 0.5) is 11.4 Å². The number of morpholine rings is 1. The summed E-state index contributed by atoms with van der Waals surface area (Å²) in [4.78, 5) is 53.2. The van der Waals surface area contributed by atoms with E-state index in [0.717, 1.165) is 121 Å². The number of ether oxygens (including phenoxy) is 1. The van der Waals surface area contributed by atoms with Crippen molar-refractivity contribution in [2.24, 2.45) is 11.8 Å². The predicted molar refractivity (Wildman–Crippen MR) is 249 cm³/mol. The van der Waals surface area contributed by atoms with Gasteiger partial charge in [0.15, 0.2) is 0 Å². The Hall–Kier alpha value is -5.14. The molecule has 12 nitrogen and oxygen atoms in total. The zero-order chi connectivity index (χ0) is 42.9. The molecule has 0 aliphatic carbocycles. The van der Waals surface area contributed by atoms with Gasteiger partial charge in [-0.3, -0.25) is 9.59 Å². The van der Waals surface area contributed by atoms with Crippen molar-refractivity contribution in [3.05, 3.63) is 94.5 Å². The highest BCUT2D eigenvalue weighted by atomic mass is 35.5. The van der Waals surface area contributed by atoms with Gasteiger partial charge in [0.1, 0.15) is 11.6 Å². The van der Waals surface area contributed by atoms with Crippen LogP contribution in [0.3, 0.4) is 0 Å². The van der Waals surface area contributed by atoms with Crippen LogP contribution >= 0.6 is 23.2 Å². The van der Waals surface area contributed by atoms with Gasteiger partial charge in [-0.25, -0.2) is 9.97 Å². The Kier molecular flexibility index (Phi) is 12.4.